The van der Waals surface area contributed by atoms with E-state index in [0.29, 0.717) is 0 Å². The molecule has 0 unspecified atom stereocenters. The minimum Gasteiger partial charge on any atom is -0.507 e. The summed E-state index contributed by atoms with van der Waals surface area (Å²) in [5, 5.41) is 29.7. The lowest BCUT2D eigenvalue weighted by atomic mass is 10.1. The number of phenols is 1. The number of rotatable bonds is 6. The van der Waals surface area contributed by atoms with Gasteiger partial charge < -0.3 is 20.2 Å². The molecule has 0 amide bonds. The van der Waals surface area contributed by atoms with Crippen molar-refractivity contribution in [2.45, 2.75) is 0 Å². The number of aromatic hydroxyl groups is 1. The molecule has 0 saturated carbocycles. The zero-order valence-corrected chi connectivity index (χ0v) is 16.6. The summed E-state index contributed by atoms with van der Waals surface area (Å²) in [6.45, 7) is -0.956. The van der Waals surface area contributed by atoms with Gasteiger partial charge in [0.25, 0.3) is 5.56 Å². The molecular formula is C22H18F2N4O4. The summed E-state index contributed by atoms with van der Waals surface area (Å²) in [6, 6.07) is 12.0. The standard InChI is InChI=1S/C22H18F2N4O4/c23-15-5-3-6-16(24)20(15)28-18(32)9-8-14-19(13-4-1-2-7-17(13)31)25-22(26-21(14)28)27(12-30)10-11-29/h1-9,29-31H,10-12H2. The molecule has 0 atom stereocenters. The average Bonchev–Trinajstić information content (AvgIpc) is 2.78. The van der Waals surface area contributed by atoms with E-state index < -0.39 is 29.6 Å². The fourth-order valence-corrected chi connectivity index (χ4v) is 3.40. The van der Waals surface area contributed by atoms with Crippen LogP contribution in [0.15, 0.2) is 59.4 Å². The first kappa shape index (κ1) is 21.3. The van der Waals surface area contributed by atoms with Gasteiger partial charge in [-0.3, -0.25) is 9.36 Å². The van der Waals surface area contributed by atoms with E-state index in [1.807, 2.05) is 0 Å². The Hall–Kier alpha value is -3.89. The molecule has 10 heteroatoms. The summed E-state index contributed by atoms with van der Waals surface area (Å²) in [6.07, 6.45) is 0. The van der Waals surface area contributed by atoms with Crippen LogP contribution in [0.1, 0.15) is 0 Å². The highest BCUT2D eigenvalue weighted by Crippen LogP contribution is 2.34. The largest absolute Gasteiger partial charge is 0.507 e. The molecule has 2 aromatic carbocycles. The number of pyridine rings is 1. The van der Waals surface area contributed by atoms with Gasteiger partial charge in [0.15, 0.2) is 5.65 Å². The zero-order valence-electron chi connectivity index (χ0n) is 16.6. The molecular weight excluding hydrogens is 422 g/mol. The maximum Gasteiger partial charge on any atom is 0.256 e. The molecule has 0 bridgehead atoms. The Bertz CT molecular complexity index is 1340. The lowest BCUT2D eigenvalue weighted by molar-refractivity contribution is 0.256. The molecule has 3 N–H and O–H groups in total. The minimum absolute atomic E-state index is 0.0483. The van der Waals surface area contributed by atoms with Gasteiger partial charge >= 0.3 is 0 Å². The van der Waals surface area contributed by atoms with Gasteiger partial charge in [-0.15, -0.1) is 0 Å². The van der Waals surface area contributed by atoms with Crippen LogP contribution in [0.3, 0.4) is 0 Å². The molecule has 0 radical (unpaired) electrons. The molecule has 0 aliphatic carbocycles. The van der Waals surface area contributed by atoms with E-state index in [2.05, 4.69) is 9.97 Å². The van der Waals surface area contributed by atoms with Crippen molar-refractivity contribution in [1.29, 1.82) is 0 Å². The molecule has 0 aliphatic rings. The van der Waals surface area contributed by atoms with E-state index in [9.17, 15) is 28.9 Å². The van der Waals surface area contributed by atoms with Crippen LogP contribution in [-0.2, 0) is 0 Å². The normalized spacial score (nSPS) is 11.1. The van der Waals surface area contributed by atoms with Crippen LogP contribution in [0.25, 0.3) is 28.0 Å². The molecule has 0 aliphatic heterocycles. The predicted molar refractivity (Wildman–Crippen MR) is 114 cm³/mol. The van der Waals surface area contributed by atoms with Crippen LogP contribution in [0.5, 0.6) is 5.75 Å². The summed E-state index contributed by atoms with van der Waals surface area (Å²) in [5.74, 6) is -2.18. The Morgan fingerprint density at radius 3 is 2.31 bits per heavy atom. The molecule has 32 heavy (non-hydrogen) atoms. The summed E-state index contributed by atoms with van der Waals surface area (Å²) in [5.41, 5.74) is -1.05. The molecule has 0 saturated heterocycles. The highest BCUT2D eigenvalue weighted by molar-refractivity contribution is 5.93. The fraction of sp³-hybridized carbons (Fsp3) is 0.136. The third-order valence-corrected chi connectivity index (χ3v) is 4.88. The number of phenolic OH excluding ortho intramolecular Hbond substituents is 1. The number of nitrogens with zero attached hydrogens (tertiary/aromatic N) is 4. The van der Waals surface area contributed by atoms with Gasteiger partial charge in [-0.2, -0.15) is 4.98 Å². The molecule has 8 nitrogen and oxygen atoms in total. The van der Waals surface area contributed by atoms with Crippen molar-refractivity contribution in [3.05, 3.63) is 76.6 Å². The second-order valence-electron chi connectivity index (χ2n) is 6.83. The Labute approximate surface area is 180 Å². The number of fused-ring (bicyclic) bond motifs is 1. The van der Waals surface area contributed by atoms with Crippen molar-refractivity contribution in [2.24, 2.45) is 0 Å². The number of anilines is 1. The first-order valence-corrected chi connectivity index (χ1v) is 9.59. The van der Waals surface area contributed by atoms with Gasteiger partial charge in [-0.25, -0.2) is 13.8 Å². The Kier molecular flexibility index (Phi) is 5.80. The molecule has 2 heterocycles. The second kappa shape index (κ2) is 8.69. The molecule has 4 rings (SSSR count). The number of aliphatic hydroxyl groups excluding tert-OH is 2. The van der Waals surface area contributed by atoms with Crippen molar-refractivity contribution in [3.63, 3.8) is 0 Å². The lowest BCUT2D eigenvalue weighted by Crippen LogP contribution is -2.30. The minimum atomic E-state index is -0.974. The van der Waals surface area contributed by atoms with Gasteiger partial charge in [0, 0.05) is 23.6 Å². The van der Waals surface area contributed by atoms with Crippen molar-refractivity contribution in [1.82, 2.24) is 14.5 Å². The number of aromatic nitrogens is 3. The zero-order chi connectivity index (χ0) is 22.8. The van der Waals surface area contributed by atoms with E-state index in [0.717, 1.165) is 22.8 Å². The van der Waals surface area contributed by atoms with Crippen molar-refractivity contribution >= 4 is 17.0 Å². The van der Waals surface area contributed by atoms with E-state index in [1.54, 1.807) is 18.2 Å². The van der Waals surface area contributed by atoms with E-state index in [1.165, 1.54) is 23.1 Å². The summed E-state index contributed by atoms with van der Waals surface area (Å²) in [7, 11) is 0. The van der Waals surface area contributed by atoms with Crippen LogP contribution in [-0.4, -0.2) is 49.7 Å². The topological polar surface area (TPSA) is 112 Å². The van der Waals surface area contributed by atoms with Crippen molar-refractivity contribution < 1.29 is 24.1 Å². The number of para-hydroxylation sites is 2. The number of hydrogen-bond donors (Lipinski definition) is 3. The van der Waals surface area contributed by atoms with Gasteiger partial charge in [-0.1, -0.05) is 18.2 Å². The van der Waals surface area contributed by atoms with Gasteiger partial charge in [0.05, 0.1) is 12.3 Å². The lowest BCUT2D eigenvalue weighted by Gasteiger charge is -2.21. The summed E-state index contributed by atoms with van der Waals surface area (Å²) < 4.78 is 30.0. The van der Waals surface area contributed by atoms with Crippen LogP contribution >= 0.6 is 0 Å². The Morgan fingerprint density at radius 1 is 0.938 bits per heavy atom. The number of hydrogen-bond acceptors (Lipinski definition) is 7. The first-order valence-electron chi connectivity index (χ1n) is 9.59. The van der Waals surface area contributed by atoms with Gasteiger partial charge in [-0.05, 0) is 30.3 Å². The van der Waals surface area contributed by atoms with Gasteiger partial charge in [0.2, 0.25) is 5.95 Å². The fourth-order valence-electron chi connectivity index (χ4n) is 3.40. The first-order chi connectivity index (χ1) is 15.5. The highest BCUT2D eigenvalue weighted by Gasteiger charge is 2.22. The second-order valence-corrected chi connectivity index (χ2v) is 6.83. The molecule has 2 aromatic heterocycles. The van der Waals surface area contributed by atoms with Crippen LogP contribution in [0.4, 0.5) is 14.7 Å². The smallest absolute Gasteiger partial charge is 0.256 e. The third-order valence-electron chi connectivity index (χ3n) is 4.88. The van der Waals surface area contributed by atoms with Crippen molar-refractivity contribution in [2.75, 3.05) is 24.8 Å². The molecule has 164 valence electrons. The number of halogens is 2. The molecule has 0 spiro atoms. The van der Waals surface area contributed by atoms with E-state index in [-0.39, 0.29) is 47.1 Å². The van der Waals surface area contributed by atoms with E-state index >= 15 is 0 Å². The average molecular weight is 440 g/mol. The van der Waals surface area contributed by atoms with E-state index in [4.69, 9.17) is 0 Å². The van der Waals surface area contributed by atoms with Crippen LogP contribution in [0, 0.1) is 11.6 Å². The Morgan fingerprint density at radius 2 is 1.66 bits per heavy atom. The van der Waals surface area contributed by atoms with Crippen LogP contribution < -0.4 is 10.5 Å². The summed E-state index contributed by atoms with van der Waals surface area (Å²) in [4.78, 5) is 22.7. The van der Waals surface area contributed by atoms with Gasteiger partial charge in [0.1, 0.15) is 29.8 Å². The summed E-state index contributed by atoms with van der Waals surface area (Å²) >= 11 is 0. The monoisotopic (exact) mass is 440 g/mol. The number of benzene rings is 2. The molecule has 4 aromatic rings. The predicted octanol–water partition coefficient (Wildman–Crippen LogP) is 2.18. The quantitative estimate of drug-likeness (QED) is 0.394. The molecule has 0 fully saturated rings. The maximum absolute atomic E-state index is 14.6. The maximum atomic E-state index is 14.6. The SMILES string of the molecule is O=c1ccc2c(-c3ccccc3O)nc(N(CO)CCO)nc2n1-c1c(F)cccc1F. The Balaban J connectivity index is 2.15. The van der Waals surface area contributed by atoms with Crippen molar-refractivity contribution in [3.8, 4) is 22.7 Å². The van der Waals surface area contributed by atoms with Crippen LogP contribution in [0.2, 0.25) is 0 Å². The number of aliphatic hydroxyl groups is 2. The third kappa shape index (κ3) is 3.66. The highest BCUT2D eigenvalue weighted by atomic mass is 19.1.